The zero-order valence-corrected chi connectivity index (χ0v) is 14.3. The minimum atomic E-state index is -0.511. The number of thiophene rings is 1. The SMILES string of the molecule is CCOC(=O)c1c(N2C(=O)CCC2=O)sc(C)c1-c1ccccc1. The highest BCUT2D eigenvalue weighted by atomic mass is 32.1. The quantitative estimate of drug-likeness (QED) is 0.629. The normalized spacial score (nSPS) is 14.3. The van der Waals surface area contributed by atoms with Crippen molar-refractivity contribution in [2.45, 2.75) is 26.7 Å². The van der Waals surface area contributed by atoms with Gasteiger partial charge in [0, 0.05) is 23.3 Å². The molecule has 1 aliphatic rings. The third-order valence-electron chi connectivity index (χ3n) is 3.86. The van der Waals surface area contributed by atoms with Gasteiger partial charge in [0.25, 0.3) is 0 Å². The Bertz CT molecular complexity index is 794. The number of nitrogens with zero attached hydrogens (tertiary/aromatic N) is 1. The van der Waals surface area contributed by atoms with Crippen LogP contribution < -0.4 is 4.90 Å². The van der Waals surface area contributed by atoms with Crippen LogP contribution in [0.25, 0.3) is 11.1 Å². The summed E-state index contributed by atoms with van der Waals surface area (Å²) in [6.07, 6.45) is 0.359. The van der Waals surface area contributed by atoms with Gasteiger partial charge in [-0.2, -0.15) is 0 Å². The molecule has 24 heavy (non-hydrogen) atoms. The van der Waals surface area contributed by atoms with E-state index >= 15 is 0 Å². The van der Waals surface area contributed by atoms with Gasteiger partial charge in [-0.15, -0.1) is 11.3 Å². The first-order chi connectivity index (χ1) is 11.5. The third-order valence-corrected chi connectivity index (χ3v) is 4.95. The number of rotatable bonds is 4. The summed E-state index contributed by atoms with van der Waals surface area (Å²) in [5.41, 5.74) is 1.88. The maximum atomic E-state index is 12.6. The second kappa shape index (κ2) is 6.57. The van der Waals surface area contributed by atoms with Gasteiger partial charge in [0.1, 0.15) is 10.6 Å². The van der Waals surface area contributed by atoms with E-state index in [0.29, 0.717) is 10.6 Å². The maximum absolute atomic E-state index is 12.6. The molecule has 1 aromatic carbocycles. The van der Waals surface area contributed by atoms with E-state index in [1.165, 1.54) is 11.3 Å². The Morgan fingerprint density at radius 3 is 2.38 bits per heavy atom. The number of amides is 2. The van der Waals surface area contributed by atoms with Crippen LogP contribution in [0, 0.1) is 6.92 Å². The highest BCUT2D eigenvalue weighted by Gasteiger charge is 2.37. The maximum Gasteiger partial charge on any atom is 0.341 e. The molecule has 1 aliphatic heterocycles. The van der Waals surface area contributed by atoms with Crippen molar-refractivity contribution in [1.82, 2.24) is 0 Å². The molecule has 1 aromatic heterocycles. The molecule has 0 aliphatic carbocycles. The fourth-order valence-corrected chi connectivity index (χ4v) is 4.03. The number of imide groups is 1. The van der Waals surface area contributed by atoms with Crippen molar-refractivity contribution in [1.29, 1.82) is 0 Å². The molecule has 1 fully saturated rings. The number of esters is 1. The van der Waals surface area contributed by atoms with E-state index in [9.17, 15) is 14.4 Å². The predicted molar refractivity (Wildman–Crippen MR) is 92.2 cm³/mol. The molecule has 2 heterocycles. The van der Waals surface area contributed by atoms with E-state index in [1.807, 2.05) is 37.3 Å². The van der Waals surface area contributed by atoms with Crippen LogP contribution in [-0.4, -0.2) is 24.4 Å². The molecule has 124 valence electrons. The van der Waals surface area contributed by atoms with Crippen molar-refractivity contribution in [2.24, 2.45) is 0 Å². The van der Waals surface area contributed by atoms with Gasteiger partial charge in [-0.25, -0.2) is 9.69 Å². The number of anilines is 1. The van der Waals surface area contributed by atoms with E-state index < -0.39 is 5.97 Å². The van der Waals surface area contributed by atoms with Crippen molar-refractivity contribution in [3.05, 3.63) is 40.8 Å². The molecule has 5 nitrogen and oxygen atoms in total. The van der Waals surface area contributed by atoms with E-state index in [4.69, 9.17) is 4.74 Å². The Morgan fingerprint density at radius 2 is 1.79 bits per heavy atom. The summed E-state index contributed by atoms with van der Waals surface area (Å²) in [7, 11) is 0. The molecule has 0 bridgehead atoms. The van der Waals surface area contributed by atoms with Gasteiger partial charge in [0.15, 0.2) is 0 Å². The van der Waals surface area contributed by atoms with Crippen LogP contribution in [0.5, 0.6) is 0 Å². The first kappa shape index (κ1) is 16.4. The van der Waals surface area contributed by atoms with Crippen LogP contribution in [0.1, 0.15) is 35.0 Å². The van der Waals surface area contributed by atoms with Crippen LogP contribution in [0.4, 0.5) is 5.00 Å². The van der Waals surface area contributed by atoms with Crippen molar-refractivity contribution >= 4 is 34.1 Å². The Morgan fingerprint density at radius 1 is 1.17 bits per heavy atom. The molecule has 1 saturated heterocycles. The predicted octanol–water partition coefficient (Wildman–Crippen LogP) is 3.55. The topological polar surface area (TPSA) is 63.7 Å². The van der Waals surface area contributed by atoms with Crippen molar-refractivity contribution in [3.8, 4) is 11.1 Å². The highest BCUT2D eigenvalue weighted by molar-refractivity contribution is 7.17. The summed E-state index contributed by atoms with van der Waals surface area (Å²) in [6, 6.07) is 9.45. The van der Waals surface area contributed by atoms with E-state index in [0.717, 1.165) is 20.9 Å². The number of carbonyl (C=O) groups excluding carboxylic acids is 3. The minimum Gasteiger partial charge on any atom is -0.462 e. The van der Waals surface area contributed by atoms with Crippen LogP contribution in [0.3, 0.4) is 0 Å². The average Bonchev–Trinajstić information content (AvgIpc) is 3.07. The number of hydrogen-bond donors (Lipinski definition) is 0. The molecule has 2 aromatic rings. The van der Waals surface area contributed by atoms with Crippen LogP contribution in [0.2, 0.25) is 0 Å². The van der Waals surface area contributed by atoms with Gasteiger partial charge in [0.2, 0.25) is 11.8 Å². The van der Waals surface area contributed by atoms with Gasteiger partial charge >= 0.3 is 5.97 Å². The lowest BCUT2D eigenvalue weighted by Crippen LogP contribution is -2.29. The standard InChI is InChI=1S/C18H17NO4S/c1-3-23-18(22)16-15(12-7-5-4-6-8-12)11(2)24-17(16)19-13(20)9-10-14(19)21/h4-8H,3,9-10H2,1-2H3. The monoisotopic (exact) mass is 343 g/mol. The number of ether oxygens (including phenoxy) is 1. The van der Waals surface area contributed by atoms with Gasteiger partial charge < -0.3 is 4.74 Å². The summed E-state index contributed by atoms with van der Waals surface area (Å²) >= 11 is 1.28. The van der Waals surface area contributed by atoms with E-state index in [1.54, 1.807) is 6.92 Å². The largest absolute Gasteiger partial charge is 0.462 e. The molecule has 3 rings (SSSR count). The summed E-state index contributed by atoms with van der Waals surface area (Å²) in [4.78, 5) is 38.8. The average molecular weight is 343 g/mol. The van der Waals surface area contributed by atoms with Gasteiger partial charge in [-0.1, -0.05) is 30.3 Å². The first-order valence-electron chi connectivity index (χ1n) is 7.76. The lowest BCUT2D eigenvalue weighted by atomic mass is 10.0. The third kappa shape index (κ3) is 2.73. The number of benzene rings is 1. The summed E-state index contributed by atoms with van der Waals surface area (Å²) in [5.74, 6) is -1.05. The lowest BCUT2D eigenvalue weighted by Gasteiger charge is -2.14. The molecule has 0 radical (unpaired) electrons. The Kier molecular flexibility index (Phi) is 4.49. The fourth-order valence-electron chi connectivity index (χ4n) is 2.84. The number of hydrogen-bond acceptors (Lipinski definition) is 5. The second-order valence-corrected chi connectivity index (χ2v) is 6.63. The number of aryl methyl sites for hydroxylation is 1. The highest BCUT2D eigenvalue weighted by Crippen LogP contribution is 2.43. The van der Waals surface area contributed by atoms with Gasteiger partial charge in [0.05, 0.1) is 6.61 Å². The van der Waals surface area contributed by atoms with Crippen molar-refractivity contribution < 1.29 is 19.1 Å². The smallest absolute Gasteiger partial charge is 0.341 e. The molecular formula is C18H17NO4S. The Labute approximate surface area is 143 Å². The molecule has 0 unspecified atom stereocenters. The second-order valence-electron chi connectivity index (χ2n) is 5.42. The zero-order chi connectivity index (χ0) is 17.3. The zero-order valence-electron chi connectivity index (χ0n) is 13.5. The van der Waals surface area contributed by atoms with Crippen LogP contribution >= 0.6 is 11.3 Å². The molecular weight excluding hydrogens is 326 g/mol. The molecule has 0 saturated carbocycles. The molecule has 0 N–H and O–H groups in total. The van der Waals surface area contributed by atoms with E-state index in [-0.39, 0.29) is 31.3 Å². The van der Waals surface area contributed by atoms with Gasteiger partial charge in [-0.3, -0.25) is 9.59 Å². The molecule has 0 atom stereocenters. The number of carbonyl (C=O) groups is 3. The lowest BCUT2D eigenvalue weighted by molar-refractivity contribution is -0.121. The summed E-state index contributed by atoms with van der Waals surface area (Å²) in [6.45, 7) is 3.83. The molecule has 2 amide bonds. The first-order valence-corrected chi connectivity index (χ1v) is 8.58. The van der Waals surface area contributed by atoms with Crippen molar-refractivity contribution in [3.63, 3.8) is 0 Å². The van der Waals surface area contributed by atoms with Crippen LogP contribution in [-0.2, 0) is 14.3 Å². The van der Waals surface area contributed by atoms with Crippen LogP contribution in [0.15, 0.2) is 30.3 Å². The Balaban J connectivity index is 2.22. The van der Waals surface area contributed by atoms with Gasteiger partial charge in [-0.05, 0) is 19.4 Å². The molecule has 6 heteroatoms. The minimum absolute atomic E-state index is 0.179. The Hall–Kier alpha value is -2.47. The van der Waals surface area contributed by atoms with E-state index in [2.05, 4.69) is 0 Å². The van der Waals surface area contributed by atoms with Crippen molar-refractivity contribution in [2.75, 3.05) is 11.5 Å². The summed E-state index contributed by atoms with van der Waals surface area (Å²) < 4.78 is 5.19. The molecule has 0 spiro atoms. The fraction of sp³-hybridized carbons (Fsp3) is 0.278. The summed E-state index contributed by atoms with van der Waals surface area (Å²) in [5, 5.41) is 0.373.